The van der Waals surface area contributed by atoms with E-state index in [-0.39, 0.29) is 17.5 Å². The van der Waals surface area contributed by atoms with Gasteiger partial charge in [0.1, 0.15) is 5.65 Å². The predicted octanol–water partition coefficient (Wildman–Crippen LogP) is 4.77. The van der Waals surface area contributed by atoms with Crippen molar-refractivity contribution in [2.24, 2.45) is 0 Å². The number of carbonyl (C=O) groups excluding carboxylic acids is 1. The van der Waals surface area contributed by atoms with E-state index in [2.05, 4.69) is 47.9 Å². The highest BCUT2D eigenvalue weighted by Crippen LogP contribution is 2.29. The molecule has 3 aromatic rings. The first-order valence-electron chi connectivity index (χ1n) is 9.74. The lowest BCUT2D eigenvalue weighted by Gasteiger charge is -2.26. The lowest BCUT2D eigenvalue weighted by molar-refractivity contribution is 0.0944. The highest BCUT2D eigenvalue weighted by molar-refractivity contribution is 6.06. The second-order valence-electron chi connectivity index (χ2n) is 8.13. The van der Waals surface area contributed by atoms with Crippen LogP contribution in [0.2, 0.25) is 0 Å². The fourth-order valence-electron chi connectivity index (χ4n) is 2.99. The minimum atomic E-state index is -0.176. The zero-order valence-electron chi connectivity index (χ0n) is 17.5. The normalized spacial score (nSPS) is 11.8. The molecule has 148 valence electrons. The van der Waals surface area contributed by atoms with Gasteiger partial charge in [0.2, 0.25) is 5.95 Å². The van der Waals surface area contributed by atoms with Crippen LogP contribution in [-0.2, 0) is 5.54 Å². The van der Waals surface area contributed by atoms with Gasteiger partial charge in [-0.1, -0.05) is 24.6 Å². The Balaban J connectivity index is 2.08. The molecule has 2 heterocycles. The summed E-state index contributed by atoms with van der Waals surface area (Å²) in [5.41, 5.74) is 3.30. The smallest absolute Gasteiger partial charge is 0.253 e. The number of rotatable bonds is 6. The average molecular weight is 380 g/mol. The SMILES string of the molecule is CCC(C)(C)n1cc(C(=O)NC(C)C)c2cnc(Nc3ccc(C)cc3)nc21. The maximum Gasteiger partial charge on any atom is 0.253 e. The number of hydrogen-bond donors (Lipinski definition) is 2. The second kappa shape index (κ2) is 7.62. The summed E-state index contributed by atoms with van der Waals surface area (Å²) in [5, 5.41) is 6.98. The molecule has 0 aliphatic rings. The lowest BCUT2D eigenvalue weighted by Crippen LogP contribution is -2.30. The molecule has 0 saturated carbocycles. The molecule has 0 aliphatic heterocycles. The van der Waals surface area contributed by atoms with Crippen molar-refractivity contribution < 1.29 is 4.79 Å². The molecule has 6 heteroatoms. The maximum absolute atomic E-state index is 12.7. The molecule has 0 radical (unpaired) electrons. The largest absolute Gasteiger partial charge is 0.350 e. The van der Waals surface area contributed by atoms with E-state index in [0.717, 1.165) is 23.1 Å². The third-order valence-electron chi connectivity index (χ3n) is 5.03. The van der Waals surface area contributed by atoms with Gasteiger partial charge in [-0.05, 0) is 53.2 Å². The number of anilines is 2. The lowest BCUT2D eigenvalue weighted by atomic mass is 10.0. The molecule has 2 aromatic heterocycles. The van der Waals surface area contributed by atoms with Crippen molar-refractivity contribution in [2.45, 2.75) is 59.5 Å². The molecule has 0 fully saturated rings. The molecule has 0 saturated heterocycles. The van der Waals surface area contributed by atoms with Crippen LogP contribution in [0.3, 0.4) is 0 Å². The molecule has 2 N–H and O–H groups in total. The van der Waals surface area contributed by atoms with Gasteiger partial charge >= 0.3 is 0 Å². The number of carbonyl (C=O) groups is 1. The Hall–Kier alpha value is -2.89. The summed E-state index contributed by atoms with van der Waals surface area (Å²) >= 11 is 0. The zero-order valence-corrected chi connectivity index (χ0v) is 17.5. The van der Waals surface area contributed by atoms with E-state index in [1.165, 1.54) is 5.56 Å². The number of amides is 1. The van der Waals surface area contributed by atoms with Crippen LogP contribution in [0.1, 0.15) is 57.0 Å². The summed E-state index contributed by atoms with van der Waals surface area (Å²) in [6, 6.07) is 8.14. The fourth-order valence-corrected chi connectivity index (χ4v) is 2.99. The molecule has 0 aliphatic carbocycles. The summed E-state index contributed by atoms with van der Waals surface area (Å²) in [7, 11) is 0. The van der Waals surface area contributed by atoms with Crippen molar-refractivity contribution >= 4 is 28.6 Å². The summed E-state index contributed by atoms with van der Waals surface area (Å²) in [6.45, 7) is 12.4. The van der Waals surface area contributed by atoms with Crippen molar-refractivity contribution in [3.8, 4) is 0 Å². The van der Waals surface area contributed by atoms with Crippen LogP contribution >= 0.6 is 0 Å². The molecule has 6 nitrogen and oxygen atoms in total. The first kappa shape index (κ1) is 19.9. The van der Waals surface area contributed by atoms with E-state index in [9.17, 15) is 4.79 Å². The first-order valence-corrected chi connectivity index (χ1v) is 9.74. The number of hydrogen-bond acceptors (Lipinski definition) is 4. The predicted molar refractivity (Wildman–Crippen MR) is 114 cm³/mol. The Kier molecular flexibility index (Phi) is 5.40. The van der Waals surface area contributed by atoms with Crippen LogP contribution in [0.25, 0.3) is 11.0 Å². The third-order valence-corrected chi connectivity index (χ3v) is 5.03. The van der Waals surface area contributed by atoms with Crippen LogP contribution in [0.15, 0.2) is 36.7 Å². The molecular weight excluding hydrogens is 350 g/mol. The van der Waals surface area contributed by atoms with Crippen LogP contribution in [0.5, 0.6) is 0 Å². The van der Waals surface area contributed by atoms with E-state index in [0.29, 0.717) is 11.5 Å². The number of benzene rings is 1. The van der Waals surface area contributed by atoms with Gasteiger partial charge in [-0.15, -0.1) is 0 Å². The van der Waals surface area contributed by atoms with Crippen LogP contribution < -0.4 is 10.6 Å². The van der Waals surface area contributed by atoms with E-state index in [1.807, 2.05) is 44.3 Å². The maximum atomic E-state index is 12.7. The van der Waals surface area contributed by atoms with Gasteiger partial charge in [0.15, 0.2) is 0 Å². The number of aromatic nitrogens is 3. The van der Waals surface area contributed by atoms with Gasteiger partial charge in [0.25, 0.3) is 5.91 Å². The van der Waals surface area contributed by atoms with Crippen LogP contribution in [0, 0.1) is 6.92 Å². The van der Waals surface area contributed by atoms with Crippen LogP contribution in [0.4, 0.5) is 11.6 Å². The topological polar surface area (TPSA) is 71.8 Å². The molecule has 0 bridgehead atoms. The standard InChI is InChI=1S/C22H29N5O/c1-7-22(5,6)27-13-18(20(28)24-14(2)3)17-12-23-21(26-19(17)27)25-16-10-8-15(4)9-11-16/h8-14H,7H2,1-6H3,(H,24,28)(H,23,25,26). The molecular formula is C22H29N5O. The summed E-state index contributed by atoms with van der Waals surface area (Å²) in [5.74, 6) is 0.409. The van der Waals surface area contributed by atoms with Crippen molar-refractivity contribution in [3.05, 3.63) is 47.8 Å². The van der Waals surface area contributed by atoms with Gasteiger partial charge < -0.3 is 15.2 Å². The fraction of sp³-hybridized carbons (Fsp3) is 0.409. The molecule has 0 atom stereocenters. The quantitative estimate of drug-likeness (QED) is 0.647. The third kappa shape index (κ3) is 4.01. The molecule has 3 rings (SSSR count). The Morgan fingerprint density at radius 2 is 1.89 bits per heavy atom. The van der Waals surface area contributed by atoms with Gasteiger partial charge in [0.05, 0.1) is 10.9 Å². The number of fused-ring (bicyclic) bond motifs is 1. The summed E-state index contributed by atoms with van der Waals surface area (Å²) in [4.78, 5) is 21.9. The highest BCUT2D eigenvalue weighted by Gasteiger charge is 2.25. The van der Waals surface area contributed by atoms with Crippen LogP contribution in [-0.4, -0.2) is 26.5 Å². The summed E-state index contributed by atoms with van der Waals surface area (Å²) < 4.78 is 2.08. The zero-order chi connectivity index (χ0) is 20.5. The molecule has 0 spiro atoms. The van der Waals surface area contributed by atoms with E-state index >= 15 is 0 Å². The molecule has 0 unspecified atom stereocenters. The Morgan fingerprint density at radius 3 is 2.50 bits per heavy atom. The Bertz CT molecular complexity index is 986. The highest BCUT2D eigenvalue weighted by atomic mass is 16.1. The van der Waals surface area contributed by atoms with Crippen molar-refractivity contribution in [3.63, 3.8) is 0 Å². The number of nitrogens with one attached hydrogen (secondary N) is 2. The summed E-state index contributed by atoms with van der Waals surface area (Å²) in [6.07, 6.45) is 4.54. The van der Waals surface area contributed by atoms with E-state index in [4.69, 9.17) is 4.98 Å². The second-order valence-corrected chi connectivity index (χ2v) is 8.13. The number of aryl methyl sites for hydroxylation is 1. The van der Waals surface area contributed by atoms with Gasteiger partial charge in [0, 0.05) is 29.7 Å². The minimum absolute atomic E-state index is 0.0634. The average Bonchev–Trinajstić information content (AvgIpc) is 3.03. The van der Waals surface area contributed by atoms with Gasteiger partial charge in [-0.2, -0.15) is 4.98 Å². The number of nitrogens with zero attached hydrogens (tertiary/aromatic N) is 3. The molecule has 1 amide bonds. The van der Waals surface area contributed by atoms with Crippen molar-refractivity contribution in [1.82, 2.24) is 19.9 Å². The van der Waals surface area contributed by atoms with Crippen molar-refractivity contribution in [2.75, 3.05) is 5.32 Å². The Labute approximate surface area is 166 Å². The van der Waals surface area contributed by atoms with Crippen molar-refractivity contribution in [1.29, 1.82) is 0 Å². The van der Waals surface area contributed by atoms with Gasteiger partial charge in [-0.25, -0.2) is 4.98 Å². The van der Waals surface area contributed by atoms with E-state index < -0.39 is 0 Å². The van der Waals surface area contributed by atoms with E-state index in [1.54, 1.807) is 6.20 Å². The van der Waals surface area contributed by atoms with Gasteiger partial charge in [-0.3, -0.25) is 4.79 Å². The minimum Gasteiger partial charge on any atom is -0.350 e. The molecule has 1 aromatic carbocycles. The molecule has 28 heavy (non-hydrogen) atoms. The monoisotopic (exact) mass is 379 g/mol. The Morgan fingerprint density at radius 1 is 1.21 bits per heavy atom. The first-order chi connectivity index (χ1) is 13.2.